The molecule has 32 heavy (non-hydrogen) atoms. The summed E-state index contributed by atoms with van der Waals surface area (Å²) >= 11 is 0. The van der Waals surface area contributed by atoms with E-state index in [0.29, 0.717) is 5.56 Å². The topological polar surface area (TPSA) is 119 Å². The number of ether oxygens (including phenoxy) is 1. The second kappa shape index (κ2) is 7.10. The van der Waals surface area contributed by atoms with Crippen LogP contribution in [0.2, 0.25) is 0 Å². The molecule has 2 bridgehead atoms. The van der Waals surface area contributed by atoms with Gasteiger partial charge >= 0.3 is 0 Å². The summed E-state index contributed by atoms with van der Waals surface area (Å²) in [7, 11) is 0. The first kappa shape index (κ1) is 20.1. The average Bonchev–Trinajstić information content (AvgIpc) is 3.43. The second-order valence-corrected chi connectivity index (χ2v) is 8.21. The number of nitrogens with zero attached hydrogens (tertiary/aromatic N) is 2. The molecule has 5 rings (SSSR count). The van der Waals surface area contributed by atoms with Gasteiger partial charge in [0.05, 0.1) is 29.4 Å². The van der Waals surface area contributed by atoms with E-state index < -0.39 is 40.3 Å². The summed E-state index contributed by atoms with van der Waals surface area (Å²) in [6.45, 7) is 1.92. The first-order valence-electron chi connectivity index (χ1n) is 10.2. The lowest BCUT2D eigenvalue weighted by molar-refractivity contribution is -0.384. The highest BCUT2D eigenvalue weighted by Gasteiger charge is 2.68. The normalized spacial score (nSPS) is 27.7. The van der Waals surface area contributed by atoms with Crippen molar-refractivity contribution in [3.05, 3.63) is 81.9 Å². The molecule has 162 valence electrons. The van der Waals surface area contributed by atoms with Crippen molar-refractivity contribution >= 4 is 29.1 Å². The predicted octanol–water partition coefficient (Wildman–Crippen LogP) is 2.15. The summed E-state index contributed by atoms with van der Waals surface area (Å²) in [5.74, 6) is -3.08. The van der Waals surface area contributed by atoms with Crippen LogP contribution in [-0.2, 0) is 14.3 Å². The molecule has 2 aromatic carbocycles. The highest BCUT2D eigenvalue weighted by atomic mass is 16.6. The molecule has 0 aliphatic carbocycles. The molecule has 0 saturated carbocycles. The van der Waals surface area contributed by atoms with E-state index in [1.165, 1.54) is 24.3 Å². The summed E-state index contributed by atoms with van der Waals surface area (Å²) < 4.78 is 6.01. The maximum absolute atomic E-state index is 13.4. The Morgan fingerprint density at radius 2 is 1.88 bits per heavy atom. The minimum absolute atomic E-state index is 0.00236. The first-order chi connectivity index (χ1) is 15.3. The number of anilines is 1. The van der Waals surface area contributed by atoms with Crippen molar-refractivity contribution in [3.8, 4) is 0 Å². The van der Waals surface area contributed by atoms with Gasteiger partial charge in [0, 0.05) is 11.6 Å². The van der Waals surface area contributed by atoms with Crippen molar-refractivity contribution in [1.29, 1.82) is 0 Å². The van der Waals surface area contributed by atoms with Crippen molar-refractivity contribution in [1.82, 2.24) is 5.32 Å². The lowest BCUT2D eigenvalue weighted by Gasteiger charge is -2.29. The molecule has 0 aromatic heterocycles. The number of fused-ring (bicyclic) bond motifs is 5. The van der Waals surface area contributed by atoms with E-state index in [0.717, 1.165) is 10.5 Å². The minimum Gasteiger partial charge on any atom is -0.360 e. The van der Waals surface area contributed by atoms with Gasteiger partial charge in [-0.1, -0.05) is 42.0 Å². The van der Waals surface area contributed by atoms with Gasteiger partial charge in [0.25, 0.3) is 11.6 Å². The molecule has 4 atom stereocenters. The SMILES string of the molecule is Cc1ccc(C(=O)NC[C@@]23C=C[C@@H](O2)[C@H]2C(=O)N(c4ccccc4[N+](=O)[O-])C(=O)[C@@H]23)cc1. The van der Waals surface area contributed by atoms with Gasteiger partial charge in [-0.15, -0.1) is 0 Å². The van der Waals surface area contributed by atoms with Gasteiger partial charge in [0.2, 0.25) is 11.8 Å². The highest BCUT2D eigenvalue weighted by molar-refractivity contribution is 6.24. The number of amides is 3. The molecule has 2 aromatic rings. The van der Waals surface area contributed by atoms with Gasteiger partial charge < -0.3 is 10.1 Å². The van der Waals surface area contributed by atoms with Crippen molar-refractivity contribution in [2.45, 2.75) is 18.6 Å². The number of para-hydroxylation sites is 2. The summed E-state index contributed by atoms with van der Waals surface area (Å²) in [6.07, 6.45) is 2.80. The molecule has 0 spiro atoms. The number of aryl methyl sites for hydroxylation is 1. The van der Waals surface area contributed by atoms with Gasteiger partial charge in [-0.3, -0.25) is 24.5 Å². The first-order valence-corrected chi connectivity index (χ1v) is 10.2. The molecule has 2 fully saturated rings. The fourth-order valence-corrected chi connectivity index (χ4v) is 4.78. The molecule has 3 aliphatic rings. The summed E-state index contributed by atoms with van der Waals surface area (Å²) in [5.41, 5.74) is -0.0673. The Kier molecular flexibility index (Phi) is 4.45. The fraction of sp³-hybridized carbons (Fsp3) is 0.261. The maximum Gasteiger partial charge on any atom is 0.293 e. The van der Waals surface area contributed by atoms with Gasteiger partial charge in [-0.25, -0.2) is 4.90 Å². The van der Waals surface area contributed by atoms with Crippen LogP contribution in [0.15, 0.2) is 60.7 Å². The van der Waals surface area contributed by atoms with Gasteiger partial charge in [0.15, 0.2) is 0 Å². The van der Waals surface area contributed by atoms with Gasteiger partial charge in [-0.2, -0.15) is 0 Å². The molecule has 3 aliphatic heterocycles. The molecular formula is C23H19N3O6. The van der Waals surface area contributed by atoms with E-state index in [1.807, 2.05) is 19.1 Å². The Morgan fingerprint density at radius 1 is 1.16 bits per heavy atom. The lowest BCUT2D eigenvalue weighted by atomic mass is 9.77. The van der Waals surface area contributed by atoms with Crippen LogP contribution in [0.4, 0.5) is 11.4 Å². The van der Waals surface area contributed by atoms with E-state index in [9.17, 15) is 24.5 Å². The van der Waals surface area contributed by atoms with Crippen molar-refractivity contribution < 1.29 is 24.0 Å². The fourth-order valence-electron chi connectivity index (χ4n) is 4.78. The number of nitrogens with one attached hydrogen (secondary N) is 1. The van der Waals surface area contributed by atoms with Crippen LogP contribution >= 0.6 is 0 Å². The molecule has 9 nitrogen and oxygen atoms in total. The Labute approximate surface area is 182 Å². The smallest absolute Gasteiger partial charge is 0.293 e. The zero-order chi connectivity index (χ0) is 22.6. The number of hydrogen-bond donors (Lipinski definition) is 1. The predicted molar refractivity (Wildman–Crippen MR) is 113 cm³/mol. The summed E-state index contributed by atoms with van der Waals surface area (Å²) in [4.78, 5) is 50.9. The van der Waals surface area contributed by atoms with E-state index in [2.05, 4.69) is 5.32 Å². The third kappa shape index (κ3) is 2.85. The van der Waals surface area contributed by atoms with Gasteiger partial charge in [0.1, 0.15) is 11.3 Å². The number of carbonyl (C=O) groups excluding carboxylic acids is 3. The maximum atomic E-state index is 13.4. The number of carbonyl (C=O) groups is 3. The average molecular weight is 433 g/mol. The van der Waals surface area contributed by atoms with Crippen LogP contribution in [-0.4, -0.2) is 40.9 Å². The van der Waals surface area contributed by atoms with E-state index in [1.54, 1.807) is 24.3 Å². The monoisotopic (exact) mass is 433 g/mol. The number of imide groups is 1. The van der Waals surface area contributed by atoms with Crippen LogP contribution in [0.25, 0.3) is 0 Å². The number of hydrogen-bond acceptors (Lipinski definition) is 6. The Morgan fingerprint density at radius 3 is 2.59 bits per heavy atom. The van der Waals surface area contributed by atoms with Crippen LogP contribution in [0.3, 0.4) is 0 Å². The Balaban J connectivity index is 1.42. The number of benzene rings is 2. The number of nitro benzene ring substituents is 1. The molecule has 3 amide bonds. The molecule has 0 radical (unpaired) electrons. The van der Waals surface area contributed by atoms with Crippen molar-refractivity contribution in [3.63, 3.8) is 0 Å². The van der Waals surface area contributed by atoms with Crippen molar-refractivity contribution in [2.24, 2.45) is 11.8 Å². The quantitative estimate of drug-likeness (QED) is 0.334. The van der Waals surface area contributed by atoms with Crippen LogP contribution in [0.5, 0.6) is 0 Å². The lowest BCUT2D eigenvalue weighted by Crippen LogP contribution is -2.48. The molecular weight excluding hydrogens is 414 g/mol. The van der Waals surface area contributed by atoms with Crippen LogP contribution in [0.1, 0.15) is 15.9 Å². The summed E-state index contributed by atoms with van der Waals surface area (Å²) in [5, 5.41) is 14.3. The van der Waals surface area contributed by atoms with Crippen LogP contribution in [0, 0.1) is 28.9 Å². The van der Waals surface area contributed by atoms with E-state index in [-0.39, 0.29) is 23.8 Å². The standard InChI is InChI=1S/C23H19N3O6/c1-13-6-8-14(9-7-13)20(27)24-12-23-11-10-17(32-23)18-19(23)22(29)25(21(18)28)15-4-2-3-5-16(15)26(30)31/h2-11,17-19H,12H2,1H3,(H,24,27)/t17-,18-,19-,23-/m1/s1. The zero-order valence-corrected chi connectivity index (χ0v) is 17.1. The Bertz CT molecular complexity index is 1190. The summed E-state index contributed by atoms with van der Waals surface area (Å²) in [6, 6.07) is 12.7. The zero-order valence-electron chi connectivity index (χ0n) is 17.1. The third-order valence-electron chi connectivity index (χ3n) is 6.31. The van der Waals surface area contributed by atoms with Crippen molar-refractivity contribution in [2.75, 3.05) is 11.4 Å². The molecule has 9 heteroatoms. The van der Waals surface area contributed by atoms with E-state index in [4.69, 9.17) is 4.74 Å². The molecule has 2 saturated heterocycles. The molecule has 3 heterocycles. The molecule has 1 N–H and O–H groups in total. The Hall–Kier alpha value is -3.85. The number of nitro groups is 1. The molecule has 0 unspecified atom stereocenters. The second-order valence-electron chi connectivity index (χ2n) is 8.21. The third-order valence-corrected chi connectivity index (χ3v) is 6.31. The van der Waals surface area contributed by atoms with E-state index >= 15 is 0 Å². The number of rotatable bonds is 5. The highest BCUT2D eigenvalue weighted by Crippen LogP contribution is 2.53. The largest absolute Gasteiger partial charge is 0.360 e. The van der Waals surface area contributed by atoms with Crippen LogP contribution < -0.4 is 10.2 Å². The minimum atomic E-state index is -1.18. The van der Waals surface area contributed by atoms with Gasteiger partial charge in [-0.05, 0) is 25.1 Å².